The molecule has 3 rings (SSSR count). The number of anilines is 2. The fourth-order valence-electron chi connectivity index (χ4n) is 3.22. The lowest BCUT2D eigenvalue weighted by Crippen LogP contribution is -2.44. The zero-order chi connectivity index (χ0) is 16.9. The Bertz CT molecular complexity index is 579. The van der Waals surface area contributed by atoms with E-state index in [0.29, 0.717) is 13.0 Å². The number of likely N-dealkylation sites (N-methyl/N-ethyl adjacent to an activating group) is 1. The third-order valence-corrected chi connectivity index (χ3v) is 4.78. The molecule has 0 radical (unpaired) electrons. The monoisotopic (exact) mass is 330 g/mol. The summed E-state index contributed by atoms with van der Waals surface area (Å²) in [5.74, 6) is -0.0422. The maximum Gasteiger partial charge on any atom is 0.243 e. The molecule has 2 amide bonds. The van der Waals surface area contributed by atoms with Gasteiger partial charge in [-0.15, -0.1) is 0 Å². The summed E-state index contributed by atoms with van der Waals surface area (Å²) in [4.78, 5) is 30.2. The van der Waals surface area contributed by atoms with Crippen LogP contribution in [0, 0.1) is 0 Å². The van der Waals surface area contributed by atoms with Crippen LogP contribution in [-0.4, -0.2) is 67.9 Å². The first-order chi connectivity index (χ1) is 11.6. The SMILES string of the molecule is CN1CCN(c2ccc(NC(=O)CN3CCCCC3=O)cc2)CC1. The van der Waals surface area contributed by atoms with E-state index < -0.39 is 0 Å². The van der Waals surface area contributed by atoms with E-state index in [2.05, 4.69) is 22.2 Å². The van der Waals surface area contributed by atoms with Gasteiger partial charge in [-0.05, 0) is 44.2 Å². The molecule has 0 aliphatic carbocycles. The minimum atomic E-state index is -0.127. The Morgan fingerprint density at radius 3 is 2.42 bits per heavy atom. The molecule has 24 heavy (non-hydrogen) atoms. The molecule has 0 atom stereocenters. The van der Waals surface area contributed by atoms with E-state index >= 15 is 0 Å². The van der Waals surface area contributed by atoms with Crippen LogP contribution in [0.25, 0.3) is 0 Å². The van der Waals surface area contributed by atoms with Crippen LogP contribution in [-0.2, 0) is 9.59 Å². The Labute approximate surface area is 143 Å². The molecular formula is C18H26N4O2. The van der Waals surface area contributed by atoms with Crippen LogP contribution in [0.5, 0.6) is 0 Å². The van der Waals surface area contributed by atoms with Crippen LogP contribution in [0.1, 0.15) is 19.3 Å². The minimum absolute atomic E-state index is 0.0850. The second-order valence-corrected chi connectivity index (χ2v) is 6.66. The fraction of sp³-hybridized carbons (Fsp3) is 0.556. The van der Waals surface area contributed by atoms with Crippen molar-refractivity contribution >= 4 is 23.2 Å². The molecule has 6 nitrogen and oxygen atoms in total. The number of nitrogens with one attached hydrogen (secondary N) is 1. The summed E-state index contributed by atoms with van der Waals surface area (Å²) in [6.07, 6.45) is 2.48. The summed E-state index contributed by atoms with van der Waals surface area (Å²) in [6.45, 7) is 5.04. The second-order valence-electron chi connectivity index (χ2n) is 6.66. The molecule has 0 aromatic heterocycles. The largest absolute Gasteiger partial charge is 0.369 e. The average Bonchev–Trinajstić information content (AvgIpc) is 2.58. The van der Waals surface area contributed by atoms with E-state index in [9.17, 15) is 9.59 Å². The molecule has 1 aromatic rings. The van der Waals surface area contributed by atoms with Crippen molar-refractivity contribution in [2.45, 2.75) is 19.3 Å². The summed E-state index contributed by atoms with van der Waals surface area (Å²) in [6, 6.07) is 7.97. The zero-order valence-corrected chi connectivity index (χ0v) is 14.3. The van der Waals surface area contributed by atoms with Crippen molar-refractivity contribution in [3.05, 3.63) is 24.3 Å². The lowest BCUT2D eigenvalue weighted by molar-refractivity contribution is -0.136. The molecule has 130 valence electrons. The van der Waals surface area contributed by atoms with E-state index in [1.807, 2.05) is 24.3 Å². The Balaban J connectivity index is 1.52. The summed E-state index contributed by atoms with van der Waals surface area (Å²) in [7, 11) is 2.14. The van der Waals surface area contributed by atoms with Gasteiger partial charge >= 0.3 is 0 Å². The first-order valence-corrected chi connectivity index (χ1v) is 8.73. The third kappa shape index (κ3) is 4.26. The average molecular weight is 330 g/mol. The molecule has 2 fully saturated rings. The highest BCUT2D eigenvalue weighted by molar-refractivity contribution is 5.94. The number of likely N-dealkylation sites (tertiary alicyclic amines) is 1. The summed E-state index contributed by atoms with van der Waals surface area (Å²) in [5, 5.41) is 2.89. The van der Waals surface area contributed by atoms with Crippen molar-refractivity contribution in [1.82, 2.24) is 9.80 Å². The van der Waals surface area contributed by atoms with Crippen LogP contribution in [0.4, 0.5) is 11.4 Å². The third-order valence-electron chi connectivity index (χ3n) is 4.78. The van der Waals surface area contributed by atoms with Gasteiger partial charge in [-0.2, -0.15) is 0 Å². The number of rotatable bonds is 4. The van der Waals surface area contributed by atoms with Gasteiger partial charge in [0.25, 0.3) is 0 Å². The predicted octanol–water partition coefficient (Wildman–Crippen LogP) is 1.39. The van der Waals surface area contributed by atoms with Crippen molar-refractivity contribution in [3.63, 3.8) is 0 Å². The fourth-order valence-corrected chi connectivity index (χ4v) is 3.22. The van der Waals surface area contributed by atoms with E-state index in [-0.39, 0.29) is 18.4 Å². The zero-order valence-electron chi connectivity index (χ0n) is 14.3. The van der Waals surface area contributed by atoms with Gasteiger partial charge in [-0.3, -0.25) is 9.59 Å². The number of hydrogen-bond acceptors (Lipinski definition) is 4. The number of nitrogens with zero attached hydrogens (tertiary/aromatic N) is 3. The smallest absolute Gasteiger partial charge is 0.243 e. The Morgan fingerprint density at radius 2 is 1.75 bits per heavy atom. The number of hydrogen-bond donors (Lipinski definition) is 1. The number of carbonyl (C=O) groups is 2. The first-order valence-electron chi connectivity index (χ1n) is 8.73. The standard InChI is InChI=1S/C18H26N4O2/c1-20-10-12-21(13-11-20)16-7-5-15(6-8-16)19-17(23)14-22-9-3-2-4-18(22)24/h5-8H,2-4,9-14H2,1H3,(H,19,23). The summed E-state index contributed by atoms with van der Waals surface area (Å²) < 4.78 is 0. The van der Waals surface area contributed by atoms with Crippen molar-refractivity contribution in [2.75, 3.05) is 56.5 Å². The number of amides is 2. The molecule has 1 aromatic carbocycles. The quantitative estimate of drug-likeness (QED) is 0.906. The molecule has 2 heterocycles. The van der Waals surface area contributed by atoms with Crippen molar-refractivity contribution in [2.24, 2.45) is 0 Å². The maximum atomic E-state index is 12.1. The van der Waals surface area contributed by atoms with Crippen LogP contribution >= 0.6 is 0 Å². The molecule has 2 saturated heterocycles. The number of carbonyl (C=O) groups excluding carboxylic acids is 2. The van der Waals surface area contributed by atoms with Crippen LogP contribution in [0.2, 0.25) is 0 Å². The summed E-state index contributed by atoms with van der Waals surface area (Å²) >= 11 is 0. The van der Waals surface area contributed by atoms with E-state index in [4.69, 9.17) is 0 Å². The van der Waals surface area contributed by atoms with E-state index in [1.54, 1.807) is 4.90 Å². The van der Waals surface area contributed by atoms with Crippen LogP contribution < -0.4 is 10.2 Å². The molecule has 2 aliphatic rings. The summed E-state index contributed by atoms with van der Waals surface area (Å²) in [5.41, 5.74) is 1.97. The molecule has 0 saturated carbocycles. The molecular weight excluding hydrogens is 304 g/mol. The molecule has 0 bridgehead atoms. The van der Waals surface area contributed by atoms with Gasteiger partial charge in [0.05, 0.1) is 6.54 Å². The molecule has 2 aliphatic heterocycles. The van der Waals surface area contributed by atoms with E-state index in [1.165, 1.54) is 5.69 Å². The van der Waals surface area contributed by atoms with Crippen LogP contribution in [0.3, 0.4) is 0 Å². The van der Waals surface area contributed by atoms with E-state index in [0.717, 1.165) is 44.7 Å². The predicted molar refractivity (Wildman–Crippen MR) is 95.2 cm³/mol. The highest BCUT2D eigenvalue weighted by Gasteiger charge is 2.20. The van der Waals surface area contributed by atoms with Gasteiger partial charge in [-0.1, -0.05) is 0 Å². The van der Waals surface area contributed by atoms with Gasteiger partial charge in [0, 0.05) is 50.5 Å². The lowest BCUT2D eigenvalue weighted by Gasteiger charge is -2.34. The highest BCUT2D eigenvalue weighted by Crippen LogP contribution is 2.19. The topological polar surface area (TPSA) is 55.9 Å². The molecule has 1 N–H and O–H groups in total. The van der Waals surface area contributed by atoms with Gasteiger partial charge in [0.1, 0.15) is 0 Å². The van der Waals surface area contributed by atoms with Crippen molar-refractivity contribution in [3.8, 4) is 0 Å². The van der Waals surface area contributed by atoms with Gasteiger partial charge in [0.15, 0.2) is 0 Å². The number of piperazine rings is 1. The molecule has 0 spiro atoms. The van der Waals surface area contributed by atoms with Crippen molar-refractivity contribution < 1.29 is 9.59 Å². The molecule has 6 heteroatoms. The second kappa shape index (κ2) is 7.66. The van der Waals surface area contributed by atoms with Crippen LogP contribution in [0.15, 0.2) is 24.3 Å². The minimum Gasteiger partial charge on any atom is -0.369 e. The normalized spacial score (nSPS) is 19.5. The maximum absolute atomic E-state index is 12.1. The Hall–Kier alpha value is -2.08. The Morgan fingerprint density at radius 1 is 1.04 bits per heavy atom. The number of benzene rings is 1. The first kappa shape index (κ1) is 16.8. The molecule has 0 unspecified atom stereocenters. The van der Waals surface area contributed by atoms with Gasteiger partial charge in [-0.25, -0.2) is 0 Å². The Kier molecular flexibility index (Phi) is 5.35. The highest BCUT2D eigenvalue weighted by atomic mass is 16.2. The lowest BCUT2D eigenvalue weighted by atomic mass is 10.1. The number of piperidine rings is 1. The van der Waals surface area contributed by atoms with Gasteiger partial charge in [0.2, 0.25) is 11.8 Å². The van der Waals surface area contributed by atoms with Gasteiger partial charge < -0.3 is 20.0 Å². The van der Waals surface area contributed by atoms with Crippen molar-refractivity contribution in [1.29, 1.82) is 0 Å².